The maximum Gasteiger partial charge on any atom is 0.190 e. The van der Waals surface area contributed by atoms with Crippen LogP contribution < -0.4 is 0 Å². The molecule has 2 fully saturated rings. The molecule has 6 heteroatoms. The number of ketones is 1. The summed E-state index contributed by atoms with van der Waals surface area (Å²) in [6, 6.07) is 21.2. The smallest absolute Gasteiger partial charge is 0.190 e. The van der Waals surface area contributed by atoms with Crippen LogP contribution in [0, 0.1) is 45.2 Å². The Labute approximate surface area is 357 Å². The molecule has 1 radical (unpaired) electrons. The van der Waals surface area contributed by atoms with Gasteiger partial charge in [-0.05, 0) is 99.3 Å². The van der Waals surface area contributed by atoms with Crippen LogP contribution in [-0.4, -0.2) is 20.9 Å². The van der Waals surface area contributed by atoms with E-state index in [0.717, 1.165) is 70.6 Å². The minimum Gasteiger partial charge on any atom is -0.512 e. The number of aliphatic hydroxyl groups is 1. The van der Waals surface area contributed by atoms with Crippen LogP contribution in [0.2, 0.25) is 0 Å². The normalized spacial score (nSPS) is 15.1. The molecule has 0 unspecified atom stereocenters. The van der Waals surface area contributed by atoms with Crippen LogP contribution in [0.15, 0.2) is 66.6 Å². The number of hydrogen-bond acceptors (Lipinski definition) is 4. The molecule has 1 aromatic heterocycles. The topological polar surface area (TPSA) is 67.4 Å². The largest absolute Gasteiger partial charge is 0.512 e. The van der Waals surface area contributed by atoms with E-state index in [1.807, 2.05) is 52.9 Å². The third kappa shape index (κ3) is 11.8. The third-order valence-corrected chi connectivity index (χ3v) is 12.4. The number of carbonyl (C=O) groups excluding carboxylic acids is 1. The average Bonchev–Trinajstić information content (AvgIpc) is 3.22. The van der Waals surface area contributed by atoms with Crippen molar-refractivity contribution in [3.63, 3.8) is 0 Å². The number of allylic oxidation sites excluding steroid dienone is 2. The second-order valence-corrected chi connectivity index (χ2v) is 16.3. The van der Waals surface area contributed by atoms with E-state index in [9.17, 15) is 9.90 Å². The molecule has 0 aliphatic heterocycles. The van der Waals surface area contributed by atoms with Gasteiger partial charge in [0.1, 0.15) is 0 Å². The van der Waals surface area contributed by atoms with E-state index in [-0.39, 0.29) is 43.5 Å². The van der Waals surface area contributed by atoms with Crippen molar-refractivity contribution in [1.82, 2.24) is 9.97 Å². The van der Waals surface area contributed by atoms with Gasteiger partial charge in [0.25, 0.3) is 0 Å². The zero-order chi connectivity index (χ0) is 40.2. The maximum absolute atomic E-state index is 11.7. The molecule has 57 heavy (non-hydrogen) atoms. The molecule has 305 valence electrons. The monoisotopic (exact) mass is 943 g/mol. The number of nitrogens with zero attached hydrogens (tertiary/aromatic N) is 3. The first kappa shape index (κ1) is 45.8. The number of aromatic nitrogens is 2. The fourth-order valence-electron chi connectivity index (χ4n) is 8.88. The molecule has 0 spiro atoms. The Hall–Kier alpha value is -3.91. The summed E-state index contributed by atoms with van der Waals surface area (Å²) >= 11 is 0. The summed E-state index contributed by atoms with van der Waals surface area (Å²) in [5.74, 6) is 1.77. The van der Waals surface area contributed by atoms with Gasteiger partial charge in [0.2, 0.25) is 0 Å². The van der Waals surface area contributed by atoms with E-state index in [1.54, 1.807) is 0 Å². The second kappa shape index (κ2) is 22.3. The molecule has 6 rings (SSSR count). The van der Waals surface area contributed by atoms with Gasteiger partial charge in [-0.25, -0.2) is 4.85 Å². The fourth-order valence-corrected chi connectivity index (χ4v) is 8.88. The van der Waals surface area contributed by atoms with Crippen LogP contribution in [-0.2, 0) is 24.9 Å². The minimum absolute atomic E-state index is 0. The van der Waals surface area contributed by atoms with Crippen LogP contribution in [0.25, 0.3) is 38.6 Å². The van der Waals surface area contributed by atoms with Gasteiger partial charge in [-0.3, -0.25) is 9.78 Å². The summed E-state index contributed by atoms with van der Waals surface area (Å²) in [6.45, 7) is 22.1. The van der Waals surface area contributed by atoms with E-state index in [4.69, 9.17) is 16.5 Å². The summed E-state index contributed by atoms with van der Waals surface area (Å²) in [6.07, 6.45) is 19.8. The molecule has 0 atom stereocenters. The van der Waals surface area contributed by atoms with Gasteiger partial charge in [-0.1, -0.05) is 115 Å². The molecule has 5 nitrogen and oxygen atoms in total. The SMILES string of the molecule is CCC(CC)C(=O)/C=C(\O)C(CC)CC.[C-]#[N+]c1cccc(-c2cnc(-c3[c-]c(C)cc(C4CCCCC4)c3)c(-c3cc(C)cc(C4CCCCC4)c3)n2)c1C.[Ir]. The van der Waals surface area contributed by atoms with Crippen LogP contribution in [0.5, 0.6) is 0 Å². The number of benzene rings is 3. The van der Waals surface area contributed by atoms with Gasteiger partial charge in [-0.15, -0.1) is 34.9 Å². The van der Waals surface area contributed by atoms with E-state index in [1.165, 1.54) is 87.0 Å². The quantitative estimate of drug-likeness (QED) is 0.0873. The predicted molar refractivity (Wildman–Crippen MR) is 233 cm³/mol. The molecule has 0 amide bonds. The number of hydrogen-bond donors (Lipinski definition) is 1. The predicted octanol–water partition coefficient (Wildman–Crippen LogP) is 14.7. The van der Waals surface area contributed by atoms with Crippen LogP contribution in [0.3, 0.4) is 0 Å². The molecular formula is C51H64IrN3O2-. The first-order valence-corrected chi connectivity index (χ1v) is 21.5. The van der Waals surface area contributed by atoms with Gasteiger partial charge >= 0.3 is 0 Å². The zero-order valence-corrected chi connectivity index (χ0v) is 37.9. The minimum atomic E-state index is 0. The van der Waals surface area contributed by atoms with E-state index >= 15 is 0 Å². The van der Waals surface area contributed by atoms with Gasteiger partial charge in [0, 0.05) is 49.9 Å². The molecular weight excluding hydrogens is 879 g/mol. The zero-order valence-electron chi connectivity index (χ0n) is 35.5. The molecule has 0 bridgehead atoms. The van der Waals surface area contributed by atoms with Gasteiger partial charge in [0.15, 0.2) is 11.5 Å². The summed E-state index contributed by atoms with van der Waals surface area (Å²) in [5, 5.41) is 9.76. The van der Waals surface area contributed by atoms with Crippen LogP contribution >= 0.6 is 0 Å². The van der Waals surface area contributed by atoms with Crippen molar-refractivity contribution < 1.29 is 30.0 Å². The van der Waals surface area contributed by atoms with Gasteiger partial charge in [-0.2, -0.15) is 0 Å². The number of aryl methyl sites for hydroxylation is 2. The van der Waals surface area contributed by atoms with Crippen LogP contribution in [0.4, 0.5) is 5.69 Å². The van der Waals surface area contributed by atoms with Crippen molar-refractivity contribution in [1.29, 1.82) is 0 Å². The first-order chi connectivity index (χ1) is 27.1. The number of carbonyl (C=O) groups is 1. The summed E-state index contributed by atoms with van der Waals surface area (Å²) in [4.78, 5) is 25.9. The molecule has 2 aliphatic carbocycles. The van der Waals surface area contributed by atoms with Gasteiger partial charge in [0.05, 0.1) is 23.7 Å². The number of rotatable bonds is 12. The molecule has 4 aromatic rings. The fraction of sp³-hybridized carbons (Fsp3) is 0.490. The van der Waals surface area contributed by atoms with Gasteiger partial charge < -0.3 is 10.1 Å². The Morgan fingerprint density at radius 1 is 0.825 bits per heavy atom. The Kier molecular flexibility index (Phi) is 17.9. The summed E-state index contributed by atoms with van der Waals surface area (Å²) < 4.78 is 0. The Morgan fingerprint density at radius 3 is 2.00 bits per heavy atom. The van der Waals surface area contributed by atoms with Crippen molar-refractivity contribution in [2.75, 3.05) is 0 Å². The van der Waals surface area contributed by atoms with E-state index in [0.29, 0.717) is 17.5 Å². The molecule has 2 saturated carbocycles. The standard InChI is InChI=1S/C38H40N3.C13H24O2.Ir/c1-25-18-30(28-12-7-5-8-13-28)22-32(20-25)37-38(33-21-26(2)19-31(23-33)29-14-9-6-10-15-29)41-36(24-40-37)34-16-11-17-35(39-4)27(34)3;1-5-10(6-2)12(14)9-13(15)11(7-3)8-4;/h11,16-19,21-24,28-29H,5-10,12-15H2,1-3H3;9-11,14H,5-8H2,1-4H3;/q-1;;/b;12-9-;. The van der Waals surface area contributed by atoms with Crippen molar-refractivity contribution in [3.8, 4) is 33.8 Å². The van der Waals surface area contributed by atoms with Crippen LogP contribution in [0.1, 0.15) is 157 Å². The second-order valence-electron chi connectivity index (χ2n) is 16.3. The average molecular weight is 943 g/mol. The molecule has 0 saturated heterocycles. The first-order valence-electron chi connectivity index (χ1n) is 21.5. The Morgan fingerprint density at radius 2 is 1.42 bits per heavy atom. The molecule has 3 aromatic carbocycles. The molecule has 1 N–H and O–H groups in total. The van der Waals surface area contributed by atoms with E-state index in [2.05, 4.69) is 61.2 Å². The summed E-state index contributed by atoms with van der Waals surface area (Å²) in [7, 11) is 0. The number of aliphatic hydroxyl groups excluding tert-OH is 1. The maximum atomic E-state index is 11.7. The Balaban J connectivity index is 0.000000385. The van der Waals surface area contributed by atoms with Crippen molar-refractivity contribution in [2.45, 2.75) is 150 Å². The van der Waals surface area contributed by atoms with Crippen molar-refractivity contribution >= 4 is 11.5 Å². The third-order valence-electron chi connectivity index (χ3n) is 12.4. The van der Waals surface area contributed by atoms with Crippen molar-refractivity contribution in [3.05, 3.63) is 112 Å². The Bertz CT molecular complexity index is 2010. The summed E-state index contributed by atoms with van der Waals surface area (Å²) in [5.41, 5.74) is 12.6. The van der Waals surface area contributed by atoms with E-state index < -0.39 is 0 Å². The van der Waals surface area contributed by atoms with Crippen molar-refractivity contribution in [2.24, 2.45) is 11.8 Å². The molecule has 2 aliphatic rings. The molecule has 1 heterocycles.